The SMILES string of the molecule is CCCCOC(=O)N1CCN(C(=O)C(CCP(=O)(O)O)NC(=O)c2cc(-n3cccn3)nc(-c3ccccc3)n2)CC1. The van der Waals surface area contributed by atoms with Gasteiger partial charge in [-0.2, -0.15) is 5.10 Å². The predicted octanol–water partition coefficient (Wildman–Crippen LogP) is 2.08. The van der Waals surface area contributed by atoms with E-state index in [1.54, 1.807) is 42.7 Å². The van der Waals surface area contributed by atoms with Crippen LogP contribution in [0.4, 0.5) is 4.79 Å². The molecule has 0 saturated carbocycles. The molecule has 3 heterocycles. The maximum absolute atomic E-state index is 13.5. The molecule has 15 heteroatoms. The van der Waals surface area contributed by atoms with E-state index in [2.05, 4.69) is 20.4 Å². The second-order valence-electron chi connectivity index (χ2n) is 9.73. The van der Waals surface area contributed by atoms with Crippen molar-refractivity contribution in [1.82, 2.24) is 34.9 Å². The number of carbonyl (C=O) groups excluding carboxylic acids is 3. The summed E-state index contributed by atoms with van der Waals surface area (Å²) in [6, 6.07) is 10.9. The molecule has 14 nitrogen and oxygen atoms in total. The van der Waals surface area contributed by atoms with Gasteiger partial charge in [0.2, 0.25) is 5.91 Å². The first-order chi connectivity index (χ1) is 20.1. The van der Waals surface area contributed by atoms with E-state index in [1.165, 1.54) is 20.5 Å². The van der Waals surface area contributed by atoms with E-state index >= 15 is 0 Å². The molecule has 1 aromatic carbocycles. The monoisotopic (exact) mass is 599 g/mol. The third-order valence-electron chi connectivity index (χ3n) is 6.60. The summed E-state index contributed by atoms with van der Waals surface area (Å²) < 4.78 is 18.4. The van der Waals surface area contributed by atoms with Gasteiger partial charge in [0.15, 0.2) is 11.6 Å². The zero-order valence-electron chi connectivity index (χ0n) is 23.2. The van der Waals surface area contributed by atoms with Crippen LogP contribution in [0.5, 0.6) is 0 Å². The number of ether oxygens (including phenoxy) is 1. The minimum atomic E-state index is -4.47. The van der Waals surface area contributed by atoms with Crippen molar-refractivity contribution in [2.24, 2.45) is 0 Å². The molecule has 0 bridgehead atoms. The molecule has 1 atom stereocenters. The minimum absolute atomic E-state index is 0.0528. The van der Waals surface area contributed by atoms with Gasteiger partial charge in [-0.1, -0.05) is 43.7 Å². The van der Waals surface area contributed by atoms with Gasteiger partial charge in [0, 0.05) is 50.2 Å². The van der Waals surface area contributed by atoms with Crippen molar-refractivity contribution in [3.8, 4) is 17.2 Å². The molecule has 1 aliphatic rings. The molecule has 0 radical (unpaired) electrons. The van der Waals surface area contributed by atoms with Crippen LogP contribution in [0.1, 0.15) is 36.7 Å². The molecule has 1 fully saturated rings. The van der Waals surface area contributed by atoms with Crippen molar-refractivity contribution in [3.63, 3.8) is 0 Å². The average molecular weight is 600 g/mol. The molecule has 0 spiro atoms. The van der Waals surface area contributed by atoms with Crippen molar-refractivity contribution < 1.29 is 33.5 Å². The van der Waals surface area contributed by atoms with Crippen molar-refractivity contribution in [3.05, 3.63) is 60.6 Å². The van der Waals surface area contributed by atoms with Crippen LogP contribution < -0.4 is 5.32 Å². The standard InChI is InChI=1S/C27H34N7O7P/c1-2-3-17-41-27(37)33-15-13-32(14-16-33)26(36)21(10-18-42(38,39)40)30-25(35)22-19-23(34-12-7-11-28-34)31-24(29-22)20-8-5-4-6-9-20/h4-9,11-12,19,21H,2-3,10,13-18H2,1H3,(H,30,35)(H2,38,39,40). The first kappa shape index (κ1) is 30.8. The summed E-state index contributed by atoms with van der Waals surface area (Å²) in [5, 5.41) is 6.80. The Hall–Kier alpha value is -4.13. The Balaban J connectivity index is 1.52. The van der Waals surface area contributed by atoms with Crippen LogP contribution in [-0.4, -0.2) is 102 Å². The highest BCUT2D eigenvalue weighted by Gasteiger charge is 2.32. The normalized spacial score (nSPS) is 14.4. The lowest BCUT2D eigenvalue weighted by Gasteiger charge is -2.36. The van der Waals surface area contributed by atoms with E-state index in [0.29, 0.717) is 18.0 Å². The predicted molar refractivity (Wildman–Crippen MR) is 152 cm³/mol. The molecule has 3 N–H and O–H groups in total. The Kier molecular flexibility index (Phi) is 10.4. The topological polar surface area (TPSA) is 180 Å². The Morgan fingerprint density at radius 2 is 1.76 bits per heavy atom. The van der Waals surface area contributed by atoms with Gasteiger partial charge in [-0.3, -0.25) is 14.2 Å². The summed E-state index contributed by atoms with van der Waals surface area (Å²) in [7, 11) is -4.47. The second-order valence-corrected chi connectivity index (χ2v) is 11.5. The van der Waals surface area contributed by atoms with Crippen molar-refractivity contribution in [2.45, 2.75) is 32.2 Å². The fraction of sp³-hybridized carbons (Fsp3) is 0.407. The largest absolute Gasteiger partial charge is 0.449 e. The molecule has 224 valence electrons. The number of carbonyl (C=O) groups is 3. The number of piperazine rings is 1. The first-order valence-corrected chi connectivity index (χ1v) is 15.4. The molecule has 4 rings (SSSR count). The van der Waals surface area contributed by atoms with Crippen LogP contribution in [0.3, 0.4) is 0 Å². The van der Waals surface area contributed by atoms with Crippen molar-refractivity contribution in [1.29, 1.82) is 0 Å². The van der Waals surface area contributed by atoms with E-state index in [0.717, 1.165) is 12.8 Å². The van der Waals surface area contributed by atoms with Gasteiger partial charge in [-0.15, -0.1) is 0 Å². The summed E-state index contributed by atoms with van der Waals surface area (Å²) in [5.41, 5.74) is 0.601. The van der Waals surface area contributed by atoms with Crippen LogP contribution in [0.15, 0.2) is 54.9 Å². The van der Waals surface area contributed by atoms with Crippen LogP contribution in [-0.2, 0) is 14.1 Å². The van der Waals surface area contributed by atoms with Gasteiger partial charge in [0.25, 0.3) is 5.91 Å². The quantitative estimate of drug-likeness (QED) is 0.218. The number of benzene rings is 1. The molecule has 3 amide bonds. The van der Waals surface area contributed by atoms with Crippen LogP contribution in [0.25, 0.3) is 17.2 Å². The third kappa shape index (κ3) is 8.44. The lowest BCUT2D eigenvalue weighted by molar-refractivity contribution is -0.134. The zero-order chi connectivity index (χ0) is 30.1. The summed E-state index contributed by atoms with van der Waals surface area (Å²) in [5.74, 6) is -0.654. The fourth-order valence-electron chi connectivity index (χ4n) is 4.30. The van der Waals surface area contributed by atoms with Crippen LogP contribution in [0, 0.1) is 0 Å². The summed E-state index contributed by atoms with van der Waals surface area (Å²) in [6.07, 6.45) is 3.52. The molecular weight excluding hydrogens is 565 g/mol. The molecule has 42 heavy (non-hydrogen) atoms. The highest BCUT2D eigenvalue weighted by atomic mass is 31.2. The summed E-state index contributed by atoms with van der Waals surface area (Å²) in [4.78, 5) is 70.1. The number of hydrogen-bond donors (Lipinski definition) is 3. The van der Waals surface area contributed by atoms with Crippen molar-refractivity contribution in [2.75, 3.05) is 38.9 Å². The molecule has 0 aliphatic carbocycles. The number of nitrogens with zero attached hydrogens (tertiary/aromatic N) is 6. The minimum Gasteiger partial charge on any atom is -0.449 e. The number of unbranched alkanes of at least 4 members (excludes halogenated alkanes) is 1. The van der Waals surface area contributed by atoms with Gasteiger partial charge in [-0.05, 0) is 18.9 Å². The van der Waals surface area contributed by atoms with Gasteiger partial charge >= 0.3 is 13.7 Å². The number of rotatable bonds is 11. The summed E-state index contributed by atoms with van der Waals surface area (Å²) >= 11 is 0. The van der Waals surface area contributed by atoms with Crippen molar-refractivity contribution >= 4 is 25.5 Å². The fourth-order valence-corrected chi connectivity index (χ4v) is 4.90. The van der Waals surface area contributed by atoms with E-state index in [9.17, 15) is 28.7 Å². The first-order valence-electron chi connectivity index (χ1n) is 13.6. The lowest BCUT2D eigenvalue weighted by Crippen LogP contribution is -2.56. The van der Waals surface area contributed by atoms with Gasteiger partial charge in [0.1, 0.15) is 11.7 Å². The maximum Gasteiger partial charge on any atom is 0.409 e. The van der Waals surface area contributed by atoms with E-state index in [-0.39, 0.29) is 44.1 Å². The number of amides is 3. The Morgan fingerprint density at radius 3 is 2.40 bits per heavy atom. The Labute approximate surface area is 242 Å². The number of aromatic nitrogens is 4. The molecule has 1 saturated heterocycles. The molecule has 2 aromatic heterocycles. The molecule has 1 unspecified atom stereocenters. The third-order valence-corrected chi connectivity index (χ3v) is 7.44. The zero-order valence-corrected chi connectivity index (χ0v) is 24.1. The molecule has 1 aliphatic heterocycles. The number of nitrogens with one attached hydrogen (secondary N) is 1. The number of hydrogen-bond acceptors (Lipinski definition) is 8. The second kappa shape index (κ2) is 14.2. The van der Waals surface area contributed by atoms with E-state index in [1.807, 2.05) is 13.0 Å². The van der Waals surface area contributed by atoms with E-state index < -0.39 is 37.7 Å². The van der Waals surface area contributed by atoms with E-state index in [4.69, 9.17) is 4.74 Å². The molecule has 3 aromatic rings. The van der Waals surface area contributed by atoms with Crippen LogP contribution in [0.2, 0.25) is 0 Å². The maximum atomic E-state index is 13.5. The van der Waals surface area contributed by atoms with Crippen LogP contribution >= 0.6 is 7.60 Å². The van der Waals surface area contributed by atoms with Gasteiger partial charge in [-0.25, -0.2) is 19.4 Å². The average Bonchev–Trinajstić information content (AvgIpc) is 3.54. The highest BCUT2D eigenvalue weighted by molar-refractivity contribution is 7.51. The van der Waals surface area contributed by atoms with Gasteiger partial charge in [0.05, 0.1) is 12.8 Å². The van der Waals surface area contributed by atoms with Gasteiger partial charge < -0.3 is 29.6 Å². The summed E-state index contributed by atoms with van der Waals surface area (Å²) in [6.45, 7) is 3.14. The Morgan fingerprint density at radius 1 is 1.05 bits per heavy atom. The Bertz CT molecular complexity index is 1410. The molecular formula is C27H34N7O7P. The lowest BCUT2D eigenvalue weighted by atomic mass is 10.1. The highest BCUT2D eigenvalue weighted by Crippen LogP contribution is 2.35. The smallest absolute Gasteiger partial charge is 0.409 e.